The van der Waals surface area contributed by atoms with Gasteiger partial charge in [0.05, 0.1) is 20.1 Å². The molecule has 5 rings (SSSR count). The van der Waals surface area contributed by atoms with E-state index >= 15 is 0 Å². The maximum absolute atomic E-state index is 12.9. The summed E-state index contributed by atoms with van der Waals surface area (Å²) in [6, 6.07) is 14.6. The number of amides is 2. The van der Waals surface area contributed by atoms with E-state index in [2.05, 4.69) is 28.3 Å². The van der Waals surface area contributed by atoms with Crippen LogP contribution in [0.3, 0.4) is 0 Å². The molecule has 1 heterocycles. The minimum Gasteiger partial charge on any atom is -0.497 e. The van der Waals surface area contributed by atoms with Gasteiger partial charge in [0.2, 0.25) is 11.8 Å². The van der Waals surface area contributed by atoms with Crippen molar-refractivity contribution in [1.82, 2.24) is 20.2 Å². The standard InChI is InChI=1S/C38H46N4O5/c1-3-26-7-11-29(12-8-26)30-15-17-31(18-16-30)33-21-40-38(41-22-33)32-13-9-27(10-14-32)24-42(25-37(45)46)36(44)23-39-35(43)20-28-5-4-6-34(19-28)47-2/h4-6,9-10,13-14,17,19,21-22,26,29-30H,3,7-8,11-12,15-16,18,20,23-25H2,1-2H3,(H,39,43)(H,45,46)/t26-,29-,30?. The molecule has 2 amide bonds. The van der Waals surface area contributed by atoms with Gasteiger partial charge in [0, 0.05) is 30.1 Å². The highest BCUT2D eigenvalue weighted by molar-refractivity contribution is 5.87. The molecule has 9 nitrogen and oxygen atoms in total. The van der Waals surface area contributed by atoms with E-state index < -0.39 is 18.4 Å². The Kier molecular flexibility index (Phi) is 11.8. The Balaban J connectivity index is 1.13. The van der Waals surface area contributed by atoms with E-state index in [-0.39, 0.29) is 25.4 Å². The molecular weight excluding hydrogens is 592 g/mol. The molecule has 248 valence electrons. The fourth-order valence-corrected chi connectivity index (χ4v) is 6.95. The van der Waals surface area contributed by atoms with Gasteiger partial charge in [-0.15, -0.1) is 0 Å². The number of methoxy groups -OCH3 is 1. The number of allylic oxidation sites excluding steroid dienone is 2. The summed E-state index contributed by atoms with van der Waals surface area (Å²) in [7, 11) is 1.55. The molecule has 1 fully saturated rings. The Morgan fingerprint density at radius 3 is 2.32 bits per heavy atom. The van der Waals surface area contributed by atoms with Crippen LogP contribution >= 0.6 is 0 Å². The maximum atomic E-state index is 12.9. The first-order chi connectivity index (χ1) is 22.8. The van der Waals surface area contributed by atoms with Gasteiger partial charge in [0.15, 0.2) is 5.82 Å². The number of hydrogen-bond acceptors (Lipinski definition) is 6. The minimum absolute atomic E-state index is 0.0753. The number of nitrogens with zero attached hydrogens (tertiary/aromatic N) is 3. The topological polar surface area (TPSA) is 122 Å². The van der Waals surface area contributed by atoms with Gasteiger partial charge >= 0.3 is 5.97 Å². The molecule has 2 aliphatic rings. The number of hydrogen-bond donors (Lipinski definition) is 2. The Bertz CT molecular complexity index is 1540. The number of ether oxygens (including phenoxy) is 1. The summed E-state index contributed by atoms with van der Waals surface area (Å²) in [6.07, 6.45) is 16.7. The molecule has 0 aliphatic heterocycles. The van der Waals surface area contributed by atoms with Crippen LogP contribution in [-0.4, -0.2) is 58.0 Å². The fraction of sp³-hybridized carbons (Fsp3) is 0.447. The van der Waals surface area contributed by atoms with Crippen molar-refractivity contribution in [1.29, 1.82) is 0 Å². The molecule has 47 heavy (non-hydrogen) atoms. The van der Waals surface area contributed by atoms with Crippen molar-refractivity contribution in [3.05, 3.63) is 83.7 Å². The SMILES string of the molecule is CC[C@H]1CC[C@H](C2CC=C(c3cnc(-c4ccc(CN(CC(=O)O)C(=O)CNC(=O)Cc5cccc(OC)c5)cc4)nc3)CC2)CC1. The second-order valence-electron chi connectivity index (χ2n) is 12.9. The van der Waals surface area contributed by atoms with E-state index in [1.165, 1.54) is 49.0 Å². The predicted molar refractivity (Wildman–Crippen MR) is 181 cm³/mol. The van der Waals surface area contributed by atoms with Gasteiger partial charge in [-0.1, -0.05) is 68.7 Å². The lowest BCUT2D eigenvalue weighted by Crippen LogP contribution is -2.42. The summed E-state index contributed by atoms with van der Waals surface area (Å²) in [4.78, 5) is 47.4. The van der Waals surface area contributed by atoms with Crippen molar-refractivity contribution < 1.29 is 24.2 Å². The molecule has 2 N–H and O–H groups in total. The fourth-order valence-electron chi connectivity index (χ4n) is 6.95. The van der Waals surface area contributed by atoms with E-state index in [1.54, 1.807) is 31.4 Å². The van der Waals surface area contributed by atoms with Crippen LogP contribution in [0, 0.1) is 17.8 Å². The van der Waals surface area contributed by atoms with Gasteiger partial charge in [-0.3, -0.25) is 14.4 Å². The first kappa shape index (κ1) is 33.8. The zero-order valence-electron chi connectivity index (χ0n) is 27.5. The van der Waals surface area contributed by atoms with Gasteiger partial charge < -0.3 is 20.1 Å². The van der Waals surface area contributed by atoms with Crippen LogP contribution < -0.4 is 10.1 Å². The normalized spacial score (nSPS) is 19.4. The van der Waals surface area contributed by atoms with Crippen LogP contribution in [0.15, 0.2) is 67.0 Å². The molecule has 9 heteroatoms. The largest absolute Gasteiger partial charge is 0.497 e. The minimum atomic E-state index is -1.13. The highest BCUT2D eigenvalue weighted by atomic mass is 16.5. The van der Waals surface area contributed by atoms with Crippen LogP contribution in [-0.2, 0) is 27.3 Å². The third kappa shape index (κ3) is 9.50. The lowest BCUT2D eigenvalue weighted by Gasteiger charge is -2.35. The summed E-state index contributed by atoms with van der Waals surface area (Å²) in [5.74, 6) is 1.91. The maximum Gasteiger partial charge on any atom is 0.323 e. The lowest BCUT2D eigenvalue weighted by atomic mass is 9.71. The van der Waals surface area contributed by atoms with Gasteiger partial charge in [-0.05, 0) is 78.7 Å². The van der Waals surface area contributed by atoms with Crippen LogP contribution in [0.5, 0.6) is 5.75 Å². The summed E-state index contributed by atoms with van der Waals surface area (Å²) in [5.41, 5.74) is 4.76. The molecular formula is C38H46N4O5. The summed E-state index contributed by atoms with van der Waals surface area (Å²) >= 11 is 0. The molecule has 1 aromatic heterocycles. The van der Waals surface area contributed by atoms with E-state index in [0.29, 0.717) is 11.6 Å². The highest BCUT2D eigenvalue weighted by Gasteiger charge is 2.28. The Morgan fingerprint density at radius 1 is 0.936 bits per heavy atom. The Hall–Kier alpha value is -4.53. The lowest BCUT2D eigenvalue weighted by molar-refractivity contribution is -0.144. The number of nitrogens with one attached hydrogen (secondary N) is 1. The van der Waals surface area contributed by atoms with Crippen molar-refractivity contribution in [2.24, 2.45) is 17.8 Å². The van der Waals surface area contributed by atoms with Crippen molar-refractivity contribution in [2.45, 2.75) is 71.3 Å². The molecule has 0 bridgehead atoms. The summed E-state index contributed by atoms with van der Waals surface area (Å²) in [6.45, 7) is 1.63. The molecule has 1 saturated carbocycles. The van der Waals surface area contributed by atoms with Crippen LogP contribution in [0.4, 0.5) is 0 Å². The van der Waals surface area contributed by atoms with Crippen molar-refractivity contribution in [2.75, 3.05) is 20.2 Å². The van der Waals surface area contributed by atoms with Crippen molar-refractivity contribution in [3.63, 3.8) is 0 Å². The smallest absolute Gasteiger partial charge is 0.323 e. The second-order valence-corrected chi connectivity index (χ2v) is 12.9. The zero-order chi connectivity index (χ0) is 33.2. The molecule has 1 atom stereocenters. The second kappa shape index (κ2) is 16.3. The van der Waals surface area contributed by atoms with E-state index in [9.17, 15) is 19.5 Å². The first-order valence-corrected chi connectivity index (χ1v) is 16.8. The third-order valence-electron chi connectivity index (χ3n) is 9.81. The number of carboxylic acid groups (broad SMARTS) is 1. The monoisotopic (exact) mass is 638 g/mol. The van der Waals surface area contributed by atoms with E-state index in [0.717, 1.165) is 52.8 Å². The molecule has 0 radical (unpaired) electrons. The third-order valence-corrected chi connectivity index (χ3v) is 9.81. The molecule has 2 aliphatic carbocycles. The van der Waals surface area contributed by atoms with Gasteiger partial charge in [0.25, 0.3) is 0 Å². The number of rotatable bonds is 13. The molecule has 3 aromatic rings. The first-order valence-electron chi connectivity index (χ1n) is 16.8. The van der Waals surface area contributed by atoms with Gasteiger partial charge in [-0.2, -0.15) is 0 Å². The average molecular weight is 639 g/mol. The van der Waals surface area contributed by atoms with Crippen molar-refractivity contribution >= 4 is 23.4 Å². The number of carbonyl (C=O) groups is 3. The molecule has 2 aromatic carbocycles. The highest BCUT2D eigenvalue weighted by Crippen LogP contribution is 2.41. The zero-order valence-corrected chi connectivity index (χ0v) is 27.5. The average Bonchev–Trinajstić information content (AvgIpc) is 3.11. The van der Waals surface area contributed by atoms with Gasteiger partial charge in [-0.25, -0.2) is 9.97 Å². The van der Waals surface area contributed by atoms with E-state index in [1.807, 2.05) is 36.7 Å². The van der Waals surface area contributed by atoms with E-state index in [4.69, 9.17) is 4.74 Å². The van der Waals surface area contributed by atoms with Crippen molar-refractivity contribution in [3.8, 4) is 17.1 Å². The van der Waals surface area contributed by atoms with Crippen LogP contribution in [0.25, 0.3) is 17.0 Å². The molecule has 0 spiro atoms. The number of carbonyl (C=O) groups excluding carboxylic acids is 2. The Morgan fingerprint density at radius 2 is 1.68 bits per heavy atom. The predicted octanol–water partition coefficient (Wildman–Crippen LogP) is 6.32. The molecule has 1 unspecified atom stereocenters. The Labute approximate surface area is 277 Å². The number of aromatic nitrogens is 2. The quantitative estimate of drug-likeness (QED) is 0.225. The summed E-state index contributed by atoms with van der Waals surface area (Å²) < 4.78 is 5.19. The van der Waals surface area contributed by atoms with Gasteiger partial charge in [0.1, 0.15) is 12.3 Å². The number of aliphatic carboxylic acids is 1. The molecule has 0 saturated heterocycles. The number of benzene rings is 2. The van der Waals surface area contributed by atoms with Crippen LogP contribution in [0.2, 0.25) is 0 Å². The van der Waals surface area contributed by atoms with Crippen LogP contribution in [0.1, 0.15) is 75.0 Å². The number of carboxylic acids is 1. The summed E-state index contributed by atoms with van der Waals surface area (Å²) in [5, 5.41) is 12.0.